The molecule has 0 aliphatic carbocycles. The molecule has 7 heteroatoms. The first-order valence-electron chi connectivity index (χ1n) is 8.32. The van der Waals surface area contributed by atoms with Crippen molar-refractivity contribution in [1.29, 1.82) is 0 Å². The molecule has 2 aromatic rings. The molecule has 2 aromatic heterocycles. The van der Waals surface area contributed by atoms with Crippen molar-refractivity contribution in [2.75, 3.05) is 19.7 Å². The summed E-state index contributed by atoms with van der Waals surface area (Å²) in [7, 11) is 0. The number of carbonyl (C=O) groups is 1. The summed E-state index contributed by atoms with van der Waals surface area (Å²) in [6.07, 6.45) is 2.64. The number of ether oxygens (including phenoxy) is 1. The van der Waals surface area contributed by atoms with Gasteiger partial charge in [0.05, 0.1) is 12.7 Å². The molecule has 0 aromatic carbocycles. The fraction of sp³-hybridized carbons (Fsp3) is 0.529. The molecular weight excluding hydrogens is 311 g/mol. The summed E-state index contributed by atoms with van der Waals surface area (Å²) >= 11 is 0. The molecule has 3 atom stereocenters. The van der Waals surface area contributed by atoms with Crippen LogP contribution in [0, 0.1) is 12.9 Å². The minimum absolute atomic E-state index is 0.00217. The highest BCUT2D eigenvalue weighted by Gasteiger charge is 2.37. The zero-order valence-corrected chi connectivity index (χ0v) is 13.8. The summed E-state index contributed by atoms with van der Waals surface area (Å²) in [5.74, 6) is -1.07. The summed E-state index contributed by atoms with van der Waals surface area (Å²) in [5.41, 5.74) is 1.28. The molecule has 0 unspecified atom stereocenters. The number of morpholine rings is 1. The van der Waals surface area contributed by atoms with E-state index in [9.17, 15) is 9.18 Å². The van der Waals surface area contributed by atoms with Crippen LogP contribution >= 0.6 is 0 Å². The van der Waals surface area contributed by atoms with Crippen molar-refractivity contribution in [2.24, 2.45) is 0 Å². The largest absolute Gasteiger partial charge is 0.376 e. The van der Waals surface area contributed by atoms with Crippen LogP contribution in [0.4, 0.5) is 4.39 Å². The summed E-state index contributed by atoms with van der Waals surface area (Å²) < 4.78 is 21.4. The van der Waals surface area contributed by atoms with Crippen LogP contribution in [-0.2, 0) is 4.74 Å². The number of carbonyl (C=O) groups excluding carboxylic acids is 1. The second-order valence-electron chi connectivity index (χ2n) is 6.84. The number of aryl methyl sites for hydroxylation is 1. The Hall–Kier alpha value is -1.99. The van der Waals surface area contributed by atoms with Gasteiger partial charge in [-0.3, -0.25) is 14.1 Å². The van der Waals surface area contributed by atoms with Gasteiger partial charge in [-0.1, -0.05) is 0 Å². The van der Waals surface area contributed by atoms with Gasteiger partial charge in [-0.15, -0.1) is 0 Å². The number of aromatic nitrogens is 2. The van der Waals surface area contributed by atoms with Gasteiger partial charge >= 0.3 is 0 Å². The third kappa shape index (κ3) is 2.67. The Labute approximate surface area is 139 Å². The van der Waals surface area contributed by atoms with E-state index in [1.54, 1.807) is 18.3 Å². The Morgan fingerprint density at radius 1 is 1.46 bits per heavy atom. The third-order valence-corrected chi connectivity index (χ3v) is 4.87. The maximum atomic E-state index is 14.4. The van der Waals surface area contributed by atoms with Crippen molar-refractivity contribution in [3.8, 4) is 0 Å². The quantitative estimate of drug-likeness (QED) is 0.902. The first kappa shape index (κ1) is 15.5. The number of amides is 1. The Morgan fingerprint density at radius 2 is 2.29 bits per heavy atom. The maximum Gasteiger partial charge on any atom is 0.274 e. The standard InChI is InChI=1S/C17H21FN4O2/c1-10-3-4-22-14(5-10)20-15(16(22)18)17(23)19-12-6-13-9-24-11(2)7-21(13)8-12/h3-5,11-13H,6-9H2,1-2H3,(H,19,23)/t11-,12+,13+/m1/s1. The lowest BCUT2D eigenvalue weighted by atomic mass is 10.1. The molecule has 1 N–H and O–H groups in total. The number of hydrogen-bond acceptors (Lipinski definition) is 4. The smallest absolute Gasteiger partial charge is 0.274 e. The molecule has 4 rings (SSSR count). The average molecular weight is 332 g/mol. The minimum Gasteiger partial charge on any atom is -0.376 e. The van der Waals surface area contributed by atoms with Gasteiger partial charge in [0, 0.05) is 31.4 Å². The second-order valence-corrected chi connectivity index (χ2v) is 6.84. The first-order chi connectivity index (χ1) is 11.5. The second kappa shape index (κ2) is 5.82. The minimum atomic E-state index is -0.616. The molecule has 24 heavy (non-hydrogen) atoms. The fourth-order valence-electron chi connectivity index (χ4n) is 3.66. The summed E-state index contributed by atoms with van der Waals surface area (Å²) in [4.78, 5) is 19.0. The highest BCUT2D eigenvalue weighted by atomic mass is 19.1. The van der Waals surface area contributed by atoms with E-state index >= 15 is 0 Å². The molecule has 2 aliphatic rings. The number of hydrogen-bond donors (Lipinski definition) is 1. The van der Waals surface area contributed by atoms with Crippen molar-refractivity contribution < 1.29 is 13.9 Å². The molecule has 128 valence electrons. The molecule has 4 heterocycles. The van der Waals surface area contributed by atoms with Crippen LogP contribution in [0.25, 0.3) is 5.65 Å². The molecule has 2 fully saturated rings. The first-order valence-corrected chi connectivity index (χ1v) is 8.32. The number of imidazole rings is 1. The molecule has 0 radical (unpaired) electrons. The van der Waals surface area contributed by atoms with E-state index in [4.69, 9.17) is 4.74 Å². The Balaban J connectivity index is 1.50. The van der Waals surface area contributed by atoms with Crippen LogP contribution < -0.4 is 5.32 Å². The summed E-state index contributed by atoms with van der Waals surface area (Å²) in [5, 5.41) is 2.93. The predicted molar refractivity (Wildman–Crippen MR) is 86.5 cm³/mol. The number of nitrogens with zero attached hydrogens (tertiary/aromatic N) is 3. The maximum absolute atomic E-state index is 14.4. The highest BCUT2D eigenvalue weighted by molar-refractivity contribution is 5.93. The molecule has 0 saturated carbocycles. The van der Waals surface area contributed by atoms with E-state index in [1.807, 2.05) is 6.92 Å². The lowest BCUT2D eigenvalue weighted by molar-refractivity contribution is -0.0390. The van der Waals surface area contributed by atoms with Gasteiger partial charge in [0.1, 0.15) is 5.65 Å². The Kier molecular flexibility index (Phi) is 3.77. The third-order valence-electron chi connectivity index (χ3n) is 4.87. The zero-order valence-electron chi connectivity index (χ0n) is 13.8. The fourth-order valence-corrected chi connectivity index (χ4v) is 3.66. The van der Waals surface area contributed by atoms with Crippen LogP contribution in [0.1, 0.15) is 29.4 Å². The van der Waals surface area contributed by atoms with E-state index in [-0.39, 0.29) is 17.8 Å². The Morgan fingerprint density at radius 3 is 3.12 bits per heavy atom. The van der Waals surface area contributed by atoms with Crippen molar-refractivity contribution in [3.05, 3.63) is 35.5 Å². The van der Waals surface area contributed by atoms with Gasteiger partial charge in [0.25, 0.3) is 5.91 Å². The van der Waals surface area contributed by atoms with E-state index in [0.29, 0.717) is 18.3 Å². The normalized spacial score (nSPS) is 27.4. The van der Waals surface area contributed by atoms with Crippen LogP contribution in [0.5, 0.6) is 0 Å². The van der Waals surface area contributed by atoms with Crippen LogP contribution in [0.15, 0.2) is 18.3 Å². The van der Waals surface area contributed by atoms with Gasteiger partial charge in [0.15, 0.2) is 5.69 Å². The molecule has 0 spiro atoms. The number of halogens is 1. The zero-order chi connectivity index (χ0) is 16.8. The van der Waals surface area contributed by atoms with Crippen molar-refractivity contribution in [3.63, 3.8) is 0 Å². The molecule has 0 bridgehead atoms. The van der Waals surface area contributed by atoms with Crippen molar-refractivity contribution >= 4 is 11.6 Å². The average Bonchev–Trinajstić information content (AvgIpc) is 3.07. The van der Waals surface area contributed by atoms with Crippen LogP contribution in [-0.4, -0.2) is 58.1 Å². The van der Waals surface area contributed by atoms with Crippen LogP contribution in [0.2, 0.25) is 0 Å². The van der Waals surface area contributed by atoms with Gasteiger partial charge in [-0.25, -0.2) is 4.98 Å². The lowest BCUT2D eigenvalue weighted by Crippen LogP contribution is -2.45. The monoisotopic (exact) mass is 332 g/mol. The van der Waals surface area contributed by atoms with Crippen molar-refractivity contribution in [2.45, 2.75) is 38.5 Å². The predicted octanol–water partition coefficient (Wildman–Crippen LogP) is 1.37. The van der Waals surface area contributed by atoms with Gasteiger partial charge < -0.3 is 10.1 Å². The number of rotatable bonds is 2. The number of nitrogens with one attached hydrogen (secondary N) is 1. The van der Waals surface area contributed by atoms with Crippen LogP contribution in [0.3, 0.4) is 0 Å². The van der Waals surface area contributed by atoms with Gasteiger partial charge in [-0.05, 0) is 38.0 Å². The summed E-state index contributed by atoms with van der Waals surface area (Å²) in [6, 6.07) is 3.88. The Bertz CT molecular complexity index is 790. The molecule has 6 nitrogen and oxygen atoms in total. The number of fused-ring (bicyclic) bond motifs is 2. The molecule has 2 aliphatic heterocycles. The highest BCUT2D eigenvalue weighted by Crippen LogP contribution is 2.23. The molecule has 1 amide bonds. The van der Waals surface area contributed by atoms with E-state index in [1.165, 1.54) is 4.40 Å². The lowest BCUT2D eigenvalue weighted by Gasteiger charge is -2.33. The number of pyridine rings is 1. The summed E-state index contributed by atoms with van der Waals surface area (Å²) in [6.45, 7) is 6.30. The van der Waals surface area contributed by atoms with Gasteiger partial charge in [-0.2, -0.15) is 4.39 Å². The van der Waals surface area contributed by atoms with E-state index in [2.05, 4.69) is 22.1 Å². The van der Waals surface area contributed by atoms with Crippen molar-refractivity contribution in [1.82, 2.24) is 19.6 Å². The van der Waals surface area contributed by atoms with E-state index in [0.717, 1.165) is 25.1 Å². The SMILES string of the molecule is Cc1ccn2c(F)c(C(=O)N[C@H]3C[C@H]4CO[C@H](C)CN4C3)nc2c1. The molecule has 2 saturated heterocycles. The van der Waals surface area contributed by atoms with Gasteiger partial charge in [0.2, 0.25) is 5.95 Å². The van der Waals surface area contributed by atoms with E-state index < -0.39 is 11.9 Å². The molecular formula is C17H21FN4O2. The topological polar surface area (TPSA) is 58.9 Å².